The summed E-state index contributed by atoms with van der Waals surface area (Å²) in [6.45, 7) is 1.69. The van der Waals surface area contributed by atoms with Crippen LogP contribution in [0.3, 0.4) is 0 Å². The standard InChI is InChI=1S/C11H10F2N2O3/c1-2-18-11(17)10(6-16)15-14-7-3-4-8(12)9(13)5-7/h3-6,16H,2H2,1H3/b10-6+,15-14?. The fourth-order valence-electron chi connectivity index (χ4n) is 0.983. The summed E-state index contributed by atoms with van der Waals surface area (Å²) in [5.74, 6) is -2.97. The van der Waals surface area contributed by atoms with Crippen LogP contribution < -0.4 is 0 Å². The number of hydrogen-bond acceptors (Lipinski definition) is 5. The van der Waals surface area contributed by atoms with Crippen LogP contribution in [-0.4, -0.2) is 17.7 Å². The van der Waals surface area contributed by atoms with Gasteiger partial charge in [-0.2, -0.15) is 5.11 Å². The van der Waals surface area contributed by atoms with Gasteiger partial charge in [0.15, 0.2) is 11.6 Å². The largest absolute Gasteiger partial charge is 0.513 e. The van der Waals surface area contributed by atoms with Gasteiger partial charge in [0.2, 0.25) is 5.70 Å². The van der Waals surface area contributed by atoms with E-state index in [9.17, 15) is 13.6 Å². The first-order valence-corrected chi connectivity index (χ1v) is 4.96. The van der Waals surface area contributed by atoms with Gasteiger partial charge >= 0.3 is 5.97 Å². The highest BCUT2D eigenvalue weighted by molar-refractivity contribution is 5.87. The molecule has 1 aromatic rings. The van der Waals surface area contributed by atoms with Gasteiger partial charge in [-0.1, -0.05) is 0 Å². The maximum Gasteiger partial charge on any atom is 0.362 e. The molecule has 0 saturated heterocycles. The molecule has 5 nitrogen and oxygen atoms in total. The predicted octanol–water partition coefficient (Wildman–Crippen LogP) is 3.01. The summed E-state index contributed by atoms with van der Waals surface area (Å²) in [6, 6.07) is 2.84. The Labute approximate surface area is 101 Å². The van der Waals surface area contributed by atoms with Crippen LogP contribution in [0, 0.1) is 11.6 Å². The Balaban J connectivity index is 2.84. The van der Waals surface area contributed by atoms with Gasteiger partial charge in [0.05, 0.1) is 12.3 Å². The van der Waals surface area contributed by atoms with E-state index in [-0.39, 0.29) is 12.3 Å². The van der Waals surface area contributed by atoms with Crippen LogP contribution in [0.2, 0.25) is 0 Å². The van der Waals surface area contributed by atoms with Gasteiger partial charge < -0.3 is 9.84 Å². The highest BCUT2D eigenvalue weighted by atomic mass is 19.2. The molecule has 0 aliphatic heterocycles. The summed E-state index contributed by atoms with van der Waals surface area (Å²) < 4.78 is 30.0. The average Bonchev–Trinajstić information content (AvgIpc) is 2.34. The lowest BCUT2D eigenvalue weighted by Gasteiger charge is -1.99. The zero-order chi connectivity index (χ0) is 13.5. The quantitative estimate of drug-likeness (QED) is 0.389. The third-order valence-electron chi connectivity index (χ3n) is 1.78. The monoisotopic (exact) mass is 256 g/mol. The summed E-state index contributed by atoms with van der Waals surface area (Å²) in [6.07, 6.45) is 0.418. The molecule has 0 aliphatic carbocycles. The van der Waals surface area contributed by atoms with Crippen LogP contribution in [0.1, 0.15) is 6.92 Å². The fourth-order valence-corrected chi connectivity index (χ4v) is 0.983. The van der Waals surface area contributed by atoms with E-state index < -0.39 is 23.3 Å². The molecule has 0 amide bonds. The molecular weight excluding hydrogens is 246 g/mol. The number of hydrogen-bond donors (Lipinski definition) is 1. The molecule has 0 unspecified atom stereocenters. The van der Waals surface area contributed by atoms with Crippen molar-refractivity contribution in [3.8, 4) is 0 Å². The molecule has 1 N–H and O–H groups in total. The van der Waals surface area contributed by atoms with Crippen LogP contribution >= 0.6 is 0 Å². The van der Waals surface area contributed by atoms with Crippen molar-refractivity contribution >= 4 is 11.7 Å². The van der Waals surface area contributed by atoms with E-state index >= 15 is 0 Å². The fraction of sp³-hybridized carbons (Fsp3) is 0.182. The topological polar surface area (TPSA) is 71.2 Å². The van der Waals surface area contributed by atoms with Crippen molar-refractivity contribution in [3.05, 3.63) is 41.8 Å². The highest BCUT2D eigenvalue weighted by Gasteiger charge is 2.10. The van der Waals surface area contributed by atoms with E-state index in [2.05, 4.69) is 15.0 Å². The molecular formula is C11H10F2N2O3. The number of esters is 1. The first-order valence-electron chi connectivity index (χ1n) is 4.96. The maximum absolute atomic E-state index is 12.8. The van der Waals surface area contributed by atoms with Crippen molar-refractivity contribution in [2.45, 2.75) is 6.92 Å². The van der Waals surface area contributed by atoms with Crippen molar-refractivity contribution in [2.75, 3.05) is 6.61 Å². The lowest BCUT2D eigenvalue weighted by atomic mass is 10.3. The first kappa shape index (κ1) is 13.8. The summed E-state index contributed by atoms with van der Waals surface area (Å²) in [4.78, 5) is 11.2. The molecule has 0 fully saturated rings. The second kappa shape index (κ2) is 6.43. The lowest BCUT2D eigenvalue weighted by molar-refractivity contribution is -0.138. The number of halogens is 2. The molecule has 0 spiro atoms. The van der Waals surface area contributed by atoms with Gasteiger partial charge in [0.1, 0.15) is 6.26 Å². The Morgan fingerprint density at radius 3 is 2.72 bits per heavy atom. The van der Waals surface area contributed by atoms with E-state index in [1.54, 1.807) is 6.92 Å². The third kappa shape index (κ3) is 3.62. The number of rotatable bonds is 4. The lowest BCUT2D eigenvalue weighted by Crippen LogP contribution is -2.05. The van der Waals surface area contributed by atoms with Gasteiger partial charge in [-0.25, -0.2) is 13.6 Å². The predicted molar refractivity (Wildman–Crippen MR) is 58.2 cm³/mol. The number of carbonyl (C=O) groups is 1. The zero-order valence-corrected chi connectivity index (χ0v) is 9.43. The summed E-state index contributed by atoms with van der Waals surface area (Å²) >= 11 is 0. The Morgan fingerprint density at radius 2 is 2.17 bits per heavy atom. The Morgan fingerprint density at radius 1 is 1.44 bits per heavy atom. The Hall–Kier alpha value is -2.31. The van der Waals surface area contributed by atoms with Gasteiger partial charge in [-0.05, 0) is 19.1 Å². The minimum absolute atomic E-state index is 0.00227. The average molecular weight is 256 g/mol. The molecule has 1 aromatic carbocycles. The van der Waals surface area contributed by atoms with E-state index in [1.807, 2.05) is 0 Å². The molecule has 7 heteroatoms. The van der Waals surface area contributed by atoms with Gasteiger partial charge in [-0.15, -0.1) is 5.11 Å². The molecule has 0 atom stereocenters. The summed E-state index contributed by atoms with van der Waals surface area (Å²) in [5.41, 5.74) is -0.445. The molecule has 0 saturated carbocycles. The number of ether oxygens (including phenoxy) is 1. The summed E-state index contributed by atoms with van der Waals surface area (Å²) in [7, 11) is 0. The third-order valence-corrected chi connectivity index (χ3v) is 1.78. The van der Waals surface area contributed by atoms with Crippen molar-refractivity contribution in [1.82, 2.24) is 0 Å². The normalized spacial score (nSPS) is 11.8. The van der Waals surface area contributed by atoms with Crippen LogP contribution in [0.5, 0.6) is 0 Å². The van der Waals surface area contributed by atoms with Crippen molar-refractivity contribution < 1.29 is 23.4 Å². The molecule has 96 valence electrons. The maximum atomic E-state index is 12.8. The molecule has 0 aliphatic rings. The molecule has 18 heavy (non-hydrogen) atoms. The van der Waals surface area contributed by atoms with E-state index in [1.165, 1.54) is 6.07 Å². The smallest absolute Gasteiger partial charge is 0.362 e. The highest BCUT2D eigenvalue weighted by Crippen LogP contribution is 2.17. The van der Waals surface area contributed by atoms with Gasteiger partial charge in [0.25, 0.3) is 0 Å². The van der Waals surface area contributed by atoms with Crippen molar-refractivity contribution in [3.63, 3.8) is 0 Å². The second-order valence-corrected chi connectivity index (χ2v) is 3.03. The molecule has 0 aromatic heterocycles. The van der Waals surface area contributed by atoms with Gasteiger partial charge in [-0.3, -0.25) is 0 Å². The number of carbonyl (C=O) groups excluding carboxylic acids is 1. The summed E-state index contributed by atoms with van der Waals surface area (Å²) in [5, 5.41) is 15.6. The minimum atomic E-state index is -1.09. The SMILES string of the molecule is CCOC(=O)/C(=C\O)N=Nc1ccc(F)c(F)c1. The molecule has 1 rings (SSSR count). The Kier molecular flexibility index (Phi) is 4.91. The Bertz CT molecular complexity index is 501. The van der Waals surface area contributed by atoms with Gasteiger partial charge in [0, 0.05) is 6.07 Å². The van der Waals surface area contributed by atoms with E-state index in [0.29, 0.717) is 6.26 Å². The van der Waals surface area contributed by atoms with E-state index in [0.717, 1.165) is 12.1 Å². The van der Waals surface area contributed by atoms with Crippen molar-refractivity contribution in [1.29, 1.82) is 0 Å². The number of azo groups is 1. The first-order chi connectivity index (χ1) is 8.58. The van der Waals surface area contributed by atoms with Crippen LogP contribution in [0.25, 0.3) is 0 Å². The van der Waals surface area contributed by atoms with Crippen LogP contribution in [0.15, 0.2) is 40.4 Å². The molecule has 0 bridgehead atoms. The zero-order valence-electron chi connectivity index (χ0n) is 9.43. The molecule has 0 radical (unpaired) electrons. The van der Waals surface area contributed by atoms with Crippen LogP contribution in [-0.2, 0) is 9.53 Å². The number of benzene rings is 1. The molecule has 0 heterocycles. The number of aliphatic hydroxyl groups is 1. The van der Waals surface area contributed by atoms with Crippen LogP contribution in [0.4, 0.5) is 14.5 Å². The number of nitrogens with zero attached hydrogens (tertiary/aromatic N) is 2. The minimum Gasteiger partial charge on any atom is -0.513 e. The number of aliphatic hydroxyl groups excluding tert-OH is 1. The van der Waals surface area contributed by atoms with E-state index in [4.69, 9.17) is 5.11 Å². The van der Waals surface area contributed by atoms with Crippen molar-refractivity contribution in [2.24, 2.45) is 10.2 Å². The second-order valence-electron chi connectivity index (χ2n) is 3.03.